The molecular weight excluding hydrogens is 596 g/mol. The molecule has 0 aliphatic heterocycles. The Kier molecular flexibility index (Phi) is 10.5. The Morgan fingerprint density at radius 3 is 1.12 bits per heavy atom. The van der Waals surface area contributed by atoms with Crippen molar-refractivity contribution in [3.05, 3.63) is 177 Å². The minimum absolute atomic E-state index is 0.0878. The van der Waals surface area contributed by atoms with Gasteiger partial charge in [-0.25, -0.2) is 9.34 Å². The number of rotatable bonds is 12. The van der Waals surface area contributed by atoms with Crippen LogP contribution in [0.3, 0.4) is 0 Å². The lowest BCUT2D eigenvalue weighted by Gasteiger charge is -2.39. The third kappa shape index (κ3) is 8.03. The van der Waals surface area contributed by atoms with Gasteiger partial charge in [0.1, 0.15) is 0 Å². The Balaban J connectivity index is 1.65. The highest BCUT2D eigenvalue weighted by Crippen LogP contribution is 2.53. The van der Waals surface area contributed by atoms with Gasteiger partial charge in [-0.1, -0.05) is 151 Å². The Labute approximate surface area is 263 Å². The topological polar surface area (TPSA) is 52.7 Å². The molecule has 5 aromatic rings. The number of hydrogen-bond acceptors (Lipinski definition) is 2. The summed E-state index contributed by atoms with van der Waals surface area (Å²) < 4.78 is 19.6. The van der Waals surface area contributed by atoms with Gasteiger partial charge in [0.25, 0.3) is 5.91 Å². The van der Waals surface area contributed by atoms with Crippen LogP contribution < -0.4 is 5.09 Å². The van der Waals surface area contributed by atoms with E-state index in [0.29, 0.717) is 26.2 Å². The van der Waals surface area contributed by atoms with E-state index in [9.17, 15) is 4.79 Å². The summed E-state index contributed by atoms with van der Waals surface area (Å²) in [5, 5.41) is 3.35. The minimum Gasteiger partial charge on any atom is -0.278 e. The number of hydrogen-bond donors (Lipinski definition) is 1. The van der Waals surface area contributed by atoms with E-state index < -0.39 is 13.5 Å². The van der Waals surface area contributed by atoms with Gasteiger partial charge in [0.05, 0.1) is 15.6 Å². The van der Waals surface area contributed by atoms with Crippen LogP contribution in [-0.4, -0.2) is 15.2 Å². The lowest BCUT2D eigenvalue weighted by Crippen LogP contribution is -2.40. The molecule has 0 atom stereocenters. The highest BCUT2D eigenvalue weighted by molar-refractivity contribution is 7.57. The summed E-state index contributed by atoms with van der Waals surface area (Å²) >= 11 is 12.9. The number of carbonyl (C=O) groups excluding carboxylic acids is 1. The maximum atomic E-state index is 15.9. The number of carbonyl (C=O) groups is 1. The predicted octanol–water partition coefficient (Wildman–Crippen LogP) is 9.24. The third-order valence-corrected chi connectivity index (χ3v) is 10.3. The quantitative estimate of drug-likeness (QED) is 0.140. The first-order valence-corrected chi connectivity index (χ1v) is 16.3. The Hall–Kier alpha value is -3.70. The standard InChI is InChI=1S/C35H32Cl2N3O2P/c36-32-22-13-23-33(37)34(32)35(41)38-43(42,39(24-28-14-5-1-6-15-28)25-29-16-7-2-8-17-29)40(26-30-18-9-3-10-19-30)27-31-20-11-4-12-21-31/h1-23H,24-27H2,(H,38,41,42). The van der Waals surface area contributed by atoms with Gasteiger partial charge in [-0.2, -0.15) is 0 Å². The number of nitrogens with zero attached hydrogens (tertiary/aromatic N) is 2. The molecule has 0 unspecified atom stereocenters. The molecule has 0 fully saturated rings. The van der Waals surface area contributed by atoms with Crippen LogP contribution in [0.15, 0.2) is 140 Å². The Morgan fingerprint density at radius 2 is 0.814 bits per heavy atom. The first-order valence-electron chi connectivity index (χ1n) is 14.0. The fourth-order valence-electron chi connectivity index (χ4n) is 4.90. The summed E-state index contributed by atoms with van der Waals surface area (Å²) in [5.41, 5.74) is 3.93. The van der Waals surface area contributed by atoms with Crippen molar-refractivity contribution in [1.82, 2.24) is 14.4 Å². The maximum absolute atomic E-state index is 15.9. The molecule has 5 aromatic carbocycles. The van der Waals surface area contributed by atoms with Gasteiger partial charge < -0.3 is 0 Å². The summed E-state index contributed by atoms with van der Waals surface area (Å²) in [5.74, 6) is -0.601. The molecule has 8 heteroatoms. The summed E-state index contributed by atoms with van der Waals surface area (Å²) in [4.78, 5) is 14.0. The van der Waals surface area contributed by atoms with Gasteiger partial charge >= 0.3 is 7.59 Å². The second-order valence-corrected chi connectivity index (χ2v) is 13.4. The van der Waals surface area contributed by atoms with E-state index in [0.717, 1.165) is 22.3 Å². The van der Waals surface area contributed by atoms with Gasteiger partial charge in [-0.05, 0) is 34.4 Å². The van der Waals surface area contributed by atoms with E-state index in [1.54, 1.807) is 18.2 Å². The van der Waals surface area contributed by atoms with Gasteiger partial charge in [0.2, 0.25) is 0 Å². The average molecular weight is 629 g/mol. The van der Waals surface area contributed by atoms with Crippen molar-refractivity contribution in [1.29, 1.82) is 0 Å². The molecular formula is C35H32Cl2N3O2P. The van der Waals surface area contributed by atoms with E-state index in [2.05, 4.69) is 5.09 Å². The fourth-order valence-corrected chi connectivity index (χ4v) is 7.90. The molecule has 0 aromatic heterocycles. The molecule has 5 nitrogen and oxygen atoms in total. The van der Waals surface area contributed by atoms with E-state index in [4.69, 9.17) is 23.2 Å². The summed E-state index contributed by atoms with van der Waals surface area (Å²) in [7, 11) is -3.91. The Bertz CT molecular complexity index is 1480. The largest absolute Gasteiger partial charge is 0.312 e. The zero-order valence-electron chi connectivity index (χ0n) is 23.5. The average Bonchev–Trinajstić information content (AvgIpc) is 3.02. The van der Waals surface area contributed by atoms with Crippen LogP contribution in [0.1, 0.15) is 32.6 Å². The van der Waals surface area contributed by atoms with Gasteiger partial charge in [0, 0.05) is 26.2 Å². The molecule has 0 saturated carbocycles. The van der Waals surface area contributed by atoms with Crippen LogP contribution in [-0.2, 0) is 30.7 Å². The lowest BCUT2D eigenvalue weighted by molar-refractivity contribution is 0.0972. The van der Waals surface area contributed by atoms with Crippen LogP contribution in [0.5, 0.6) is 0 Å². The monoisotopic (exact) mass is 627 g/mol. The fraction of sp³-hybridized carbons (Fsp3) is 0.114. The van der Waals surface area contributed by atoms with E-state index in [1.165, 1.54) is 0 Å². The molecule has 0 aliphatic rings. The van der Waals surface area contributed by atoms with Crippen molar-refractivity contribution in [2.75, 3.05) is 0 Å². The first-order chi connectivity index (χ1) is 20.9. The molecule has 0 spiro atoms. The van der Waals surface area contributed by atoms with Crippen molar-refractivity contribution in [3.8, 4) is 0 Å². The van der Waals surface area contributed by atoms with Crippen LogP contribution in [0, 0.1) is 0 Å². The van der Waals surface area contributed by atoms with E-state index in [-0.39, 0.29) is 15.6 Å². The smallest absolute Gasteiger partial charge is 0.278 e. The third-order valence-electron chi connectivity index (χ3n) is 7.04. The number of halogens is 2. The van der Waals surface area contributed by atoms with E-state index in [1.807, 2.05) is 131 Å². The molecule has 0 saturated heterocycles. The zero-order chi connectivity index (χ0) is 30.1. The lowest BCUT2D eigenvalue weighted by atomic mass is 10.2. The van der Waals surface area contributed by atoms with Crippen LogP contribution in [0.2, 0.25) is 10.0 Å². The molecule has 0 aliphatic carbocycles. The van der Waals surface area contributed by atoms with Crippen molar-refractivity contribution in [2.24, 2.45) is 0 Å². The van der Waals surface area contributed by atoms with Gasteiger partial charge in [-0.3, -0.25) is 14.4 Å². The van der Waals surface area contributed by atoms with Gasteiger partial charge in [0.15, 0.2) is 0 Å². The number of nitrogens with one attached hydrogen (secondary N) is 1. The van der Waals surface area contributed by atoms with Crippen LogP contribution in [0.4, 0.5) is 0 Å². The second-order valence-electron chi connectivity index (χ2n) is 10.2. The summed E-state index contributed by atoms with van der Waals surface area (Å²) in [6.07, 6.45) is 0. The molecule has 0 heterocycles. The van der Waals surface area contributed by atoms with Gasteiger partial charge in [-0.15, -0.1) is 0 Å². The minimum atomic E-state index is -3.91. The predicted molar refractivity (Wildman–Crippen MR) is 176 cm³/mol. The molecule has 1 amide bonds. The highest BCUT2D eigenvalue weighted by Gasteiger charge is 2.40. The molecule has 218 valence electrons. The molecule has 0 radical (unpaired) electrons. The maximum Gasteiger partial charge on any atom is 0.312 e. The van der Waals surface area contributed by atoms with E-state index >= 15 is 4.57 Å². The normalized spacial score (nSPS) is 11.5. The Morgan fingerprint density at radius 1 is 0.512 bits per heavy atom. The molecule has 0 bridgehead atoms. The molecule has 43 heavy (non-hydrogen) atoms. The van der Waals surface area contributed by atoms with Crippen molar-refractivity contribution >= 4 is 36.7 Å². The first kappa shape index (κ1) is 30.7. The number of amides is 1. The van der Waals surface area contributed by atoms with Crippen LogP contribution >= 0.6 is 30.8 Å². The van der Waals surface area contributed by atoms with Crippen molar-refractivity contribution < 1.29 is 9.36 Å². The zero-order valence-corrected chi connectivity index (χ0v) is 25.9. The second kappa shape index (κ2) is 14.7. The highest BCUT2D eigenvalue weighted by atomic mass is 35.5. The number of benzene rings is 5. The summed E-state index contributed by atoms with van der Waals surface area (Å²) in [6.45, 7) is 1.29. The molecule has 1 N–H and O–H groups in total. The summed E-state index contributed by atoms with van der Waals surface area (Å²) in [6, 6.07) is 44.2. The van der Waals surface area contributed by atoms with Crippen molar-refractivity contribution in [3.63, 3.8) is 0 Å². The van der Waals surface area contributed by atoms with Crippen molar-refractivity contribution in [2.45, 2.75) is 26.2 Å². The SMILES string of the molecule is O=C(NP(=O)(N(Cc1ccccc1)Cc1ccccc1)N(Cc1ccccc1)Cc1ccccc1)c1c(Cl)cccc1Cl. The molecule has 5 rings (SSSR count). The van der Waals surface area contributed by atoms with Crippen LogP contribution in [0.25, 0.3) is 0 Å².